The third-order valence-corrected chi connectivity index (χ3v) is 6.64. The molecule has 0 unspecified atom stereocenters. The number of thiocarbonyl (C=S) groups is 1. The van der Waals surface area contributed by atoms with Crippen LogP contribution in [-0.2, 0) is 20.9 Å². The van der Waals surface area contributed by atoms with Crippen molar-refractivity contribution in [2.45, 2.75) is 13.0 Å². The fourth-order valence-electron chi connectivity index (χ4n) is 3.40. The fourth-order valence-corrected chi connectivity index (χ4v) is 4.97. The van der Waals surface area contributed by atoms with Crippen molar-refractivity contribution in [3.63, 3.8) is 0 Å². The quantitative estimate of drug-likeness (QED) is 0.507. The zero-order valence-corrected chi connectivity index (χ0v) is 17.9. The number of carboxylic acids is 1. The molecule has 30 heavy (non-hydrogen) atoms. The van der Waals surface area contributed by atoms with Crippen molar-refractivity contribution in [3.05, 3.63) is 69.6 Å². The Bertz CT molecular complexity index is 1130. The second-order valence-electron chi connectivity index (χ2n) is 6.65. The number of halogens is 1. The number of carbonyl (C=O) groups is 3. The van der Waals surface area contributed by atoms with Crippen LogP contribution in [0, 0.1) is 0 Å². The summed E-state index contributed by atoms with van der Waals surface area (Å²) in [7, 11) is 0. The molecule has 1 fully saturated rings. The highest BCUT2D eigenvalue weighted by Crippen LogP contribution is 2.45. The van der Waals surface area contributed by atoms with Crippen molar-refractivity contribution in [1.29, 1.82) is 0 Å². The minimum absolute atomic E-state index is 0.0943. The summed E-state index contributed by atoms with van der Waals surface area (Å²) in [5, 5.41) is 11.3. The van der Waals surface area contributed by atoms with Gasteiger partial charge in [-0.25, -0.2) is 0 Å². The van der Waals surface area contributed by atoms with Crippen molar-refractivity contribution >= 4 is 68.9 Å². The summed E-state index contributed by atoms with van der Waals surface area (Å²) < 4.78 is 0.221. The third kappa shape index (κ3) is 3.62. The van der Waals surface area contributed by atoms with Crippen molar-refractivity contribution in [3.8, 4) is 0 Å². The van der Waals surface area contributed by atoms with Gasteiger partial charge in [0.2, 0.25) is 0 Å². The Kier molecular flexibility index (Phi) is 5.64. The molecule has 6 nitrogen and oxygen atoms in total. The molecule has 0 spiro atoms. The van der Waals surface area contributed by atoms with Gasteiger partial charge >= 0.3 is 0 Å². The maximum absolute atomic E-state index is 13.4. The van der Waals surface area contributed by atoms with Crippen LogP contribution >= 0.6 is 35.6 Å². The molecule has 0 radical (unpaired) electrons. The van der Waals surface area contributed by atoms with Crippen LogP contribution in [-0.4, -0.2) is 33.5 Å². The van der Waals surface area contributed by atoms with E-state index >= 15 is 0 Å². The molecule has 0 aromatic heterocycles. The Labute approximate surface area is 187 Å². The van der Waals surface area contributed by atoms with Crippen LogP contribution < -0.4 is 10.0 Å². The number of nitrogens with zero attached hydrogens (tertiary/aromatic N) is 2. The van der Waals surface area contributed by atoms with Crippen molar-refractivity contribution < 1.29 is 19.5 Å². The zero-order valence-electron chi connectivity index (χ0n) is 15.5. The number of hydrogen-bond acceptors (Lipinski definition) is 6. The lowest BCUT2D eigenvalue weighted by Crippen LogP contribution is -2.34. The zero-order chi connectivity index (χ0) is 21.4. The first-order valence-electron chi connectivity index (χ1n) is 9.01. The van der Waals surface area contributed by atoms with E-state index in [4.69, 9.17) is 23.8 Å². The van der Waals surface area contributed by atoms with Gasteiger partial charge in [0.1, 0.15) is 4.32 Å². The number of carbonyl (C=O) groups excluding carboxylic acids is 3. The molecule has 9 heteroatoms. The van der Waals surface area contributed by atoms with Crippen LogP contribution in [0.3, 0.4) is 0 Å². The second kappa shape index (κ2) is 8.22. The van der Waals surface area contributed by atoms with Gasteiger partial charge in [0.05, 0.1) is 22.7 Å². The van der Waals surface area contributed by atoms with Gasteiger partial charge in [0.15, 0.2) is 0 Å². The predicted octanol–water partition coefficient (Wildman–Crippen LogP) is 2.60. The van der Waals surface area contributed by atoms with Crippen LogP contribution in [0.2, 0.25) is 5.02 Å². The van der Waals surface area contributed by atoms with E-state index in [0.29, 0.717) is 16.3 Å². The molecule has 2 amide bonds. The summed E-state index contributed by atoms with van der Waals surface area (Å²) in [4.78, 5) is 40.1. The molecule has 2 aliphatic rings. The Hall–Kier alpha value is -2.68. The summed E-state index contributed by atoms with van der Waals surface area (Å²) in [6, 6.07) is 14.5. The average Bonchev–Trinajstić information content (AvgIpc) is 3.15. The van der Waals surface area contributed by atoms with Crippen LogP contribution in [0.1, 0.15) is 17.5 Å². The maximum atomic E-state index is 13.4. The summed E-state index contributed by atoms with van der Waals surface area (Å²) >= 11 is 12.5. The summed E-state index contributed by atoms with van der Waals surface area (Å²) in [5.74, 6) is -2.06. The molecule has 0 atom stereocenters. The van der Waals surface area contributed by atoms with E-state index in [-0.39, 0.29) is 40.2 Å². The Morgan fingerprint density at radius 2 is 1.73 bits per heavy atom. The van der Waals surface area contributed by atoms with Gasteiger partial charge in [0.25, 0.3) is 11.8 Å². The number of carboxylic acid groups (broad SMARTS) is 1. The first kappa shape index (κ1) is 20.6. The lowest BCUT2D eigenvalue weighted by Gasteiger charge is -2.18. The van der Waals surface area contributed by atoms with E-state index in [1.54, 1.807) is 23.1 Å². The lowest BCUT2D eigenvalue weighted by molar-refractivity contribution is -0.305. The number of fused-ring (bicyclic) bond motifs is 1. The molecule has 2 aromatic rings. The number of hydrogen-bond donors (Lipinski definition) is 0. The lowest BCUT2D eigenvalue weighted by atomic mass is 10.1. The smallest absolute Gasteiger partial charge is 0.267 e. The Balaban J connectivity index is 1.74. The molecule has 0 bridgehead atoms. The number of thioether (sulfide) groups is 1. The molecular weight excluding hydrogens is 444 g/mol. The van der Waals surface area contributed by atoms with Gasteiger partial charge in [-0.15, -0.1) is 0 Å². The molecule has 0 N–H and O–H groups in total. The fraction of sp³-hybridized carbons (Fsp3) is 0.143. The van der Waals surface area contributed by atoms with Crippen molar-refractivity contribution in [1.82, 2.24) is 4.90 Å². The van der Waals surface area contributed by atoms with Gasteiger partial charge in [-0.1, -0.05) is 72.0 Å². The molecule has 2 aliphatic heterocycles. The number of amides is 2. The largest absolute Gasteiger partial charge is 0.550 e. The summed E-state index contributed by atoms with van der Waals surface area (Å²) in [6.45, 7) is 0.160. The van der Waals surface area contributed by atoms with Gasteiger partial charge in [-0.3, -0.25) is 14.5 Å². The molecule has 4 rings (SSSR count). The minimum Gasteiger partial charge on any atom is -0.550 e. The highest BCUT2D eigenvalue weighted by Gasteiger charge is 2.41. The molecule has 152 valence electrons. The first-order valence-corrected chi connectivity index (χ1v) is 10.6. The van der Waals surface area contributed by atoms with E-state index in [2.05, 4.69) is 0 Å². The SMILES string of the molecule is O=C([O-])CCN1C(=O)C(=C2C(=O)N(Cc3ccccc3Cl)c3ccccc32)SC1=S. The second-order valence-corrected chi connectivity index (χ2v) is 8.70. The van der Waals surface area contributed by atoms with Gasteiger partial charge in [-0.05, 0) is 17.7 Å². The van der Waals surface area contributed by atoms with Crippen molar-refractivity contribution in [2.24, 2.45) is 0 Å². The topological polar surface area (TPSA) is 80.7 Å². The van der Waals surface area contributed by atoms with E-state index in [1.807, 2.05) is 30.3 Å². The van der Waals surface area contributed by atoms with Crippen molar-refractivity contribution in [2.75, 3.05) is 11.4 Å². The number of aliphatic carboxylic acids is 1. The van der Waals surface area contributed by atoms with Crippen LogP contribution in [0.25, 0.3) is 5.57 Å². The number of para-hydroxylation sites is 1. The first-order chi connectivity index (χ1) is 14.4. The molecule has 2 aromatic carbocycles. The predicted molar refractivity (Wildman–Crippen MR) is 118 cm³/mol. The molecule has 2 heterocycles. The number of benzene rings is 2. The van der Waals surface area contributed by atoms with E-state index < -0.39 is 11.9 Å². The van der Waals surface area contributed by atoms with Gasteiger partial charge in [0, 0.05) is 29.5 Å². The molecular formula is C21H14ClN2O4S2-. The van der Waals surface area contributed by atoms with E-state index in [9.17, 15) is 19.5 Å². The van der Waals surface area contributed by atoms with Crippen LogP contribution in [0.5, 0.6) is 0 Å². The van der Waals surface area contributed by atoms with E-state index in [1.165, 1.54) is 4.90 Å². The Morgan fingerprint density at radius 1 is 1.03 bits per heavy atom. The summed E-state index contributed by atoms with van der Waals surface area (Å²) in [6.07, 6.45) is -0.335. The molecule has 0 aliphatic carbocycles. The van der Waals surface area contributed by atoms with Gasteiger partial charge < -0.3 is 14.8 Å². The maximum Gasteiger partial charge on any atom is 0.267 e. The monoisotopic (exact) mass is 457 g/mol. The van der Waals surface area contributed by atoms with Gasteiger partial charge in [-0.2, -0.15) is 0 Å². The van der Waals surface area contributed by atoms with Crippen LogP contribution in [0.4, 0.5) is 5.69 Å². The normalized spacial score (nSPS) is 18.4. The standard InChI is InChI=1S/C21H15ClN2O4S2/c22-14-7-3-1-5-12(14)11-24-15-8-4-2-6-13(15)17(19(24)27)18-20(28)23(21(29)30-18)10-9-16(25)26/h1-8H,9-11H2,(H,25,26)/p-1. The molecule has 1 saturated heterocycles. The highest BCUT2D eigenvalue weighted by molar-refractivity contribution is 8.26. The number of anilines is 1. The third-order valence-electron chi connectivity index (χ3n) is 4.83. The number of rotatable bonds is 5. The Morgan fingerprint density at radius 3 is 2.47 bits per heavy atom. The van der Waals surface area contributed by atoms with Crippen LogP contribution in [0.15, 0.2) is 53.4 Å². The highest BCUT2D eigenvalue weighted by atomic mass is 35.5. The summed E-state index contributed by atoms with van der Waals surface area (Å²) in [5.41, 5.74) is 2.36. The molecule has 0 saturated carbocycles. The minimum atomic E-state index is -1.27. The average molecular weight is 458 g/mol. The van der Waals surface area contributed by atoms with E-state index in [0.717, 1.165) is 17.3 Å².